The summed E-state index contributed by atoms with van der Waals surface area (Å²) < 4.78 is 4.31. The van der Waals surface area contributed by atoms with Crippen molar-refractivity contribution in [3.8, 4) is 0 Å². The fourth-order valence-electron chi connectivity index (χ4n) is 0.467. The van der Waals surface area contributed by atoms with E-state index in [4.69, 9.17) is 5.73 Å². The highest BCUT2D eigenvalue weighted by molar-refractivity contribution is 5.80. The van der Waals surface area contributed by atoms with Crippen molar-refractivity contribution >= 4 is 18.3 Å². The third-order valence-corrected chi connectivity index (χ3v) is 1.05. The van der Waals surface area contributed by atoms with Crippen LogP contribution in [0.2, 0.25) is 0 Å². The molecule has 0 spiro atoms. The highest BCUT2D eigenvalue weighted by atomic mass is 16.5. The van der Waals surface area contributed by atoms with E-state index in [1.54, 1.807) is 6.92 Å². The van der Waals surface area contributed by atoms with Crippen LogP contribution >= 0.6 is 0 Å². The van der Waals surface area contributed by atoms with Gasteiger partial charge in [0.25, 0.3) is 0 Å². The SMILES string of the molecule is COC(=O)N/C=C(C)/C=N/NC(N)=O. The van der Waals surface area contributed by atoms with E-state index in [1.165, 1.54) is 19.5 Å². The number of amides is 3. The molecule has 0 atom stereocenters. The molecule has 78 valence electrons. The number of nitrogens with one attached hydrogen (secondary N) is 2. The predicted molar refractivity (Wildman–Crippen MR) is 50.5 cm³/mol. The summed E-state index contributed by atoms with van der Waals surface area (Å²) in [7, 11) is 1.25. The zero-order chi connectivity index (χ0) is 11.0. The Morgan fingerprint density at radius 1 is 1.50 bits per heavy atom. The van der Waals surface area contributed by atoms with Gasteiger partial charge in [-0.2, -0.15) is 5.10 Å². The molecular weight excluding hydrogens is 188 g/mol. The zero-order valence-electron chi connectivity index (χ0n) is 7.90. The number of carbonyl (C=O) groups is 2. The molecule has 0 aromatic rings. The number of hydrazone groups is 1. The highest BCUT2D eigenvalue weighted by Gasteiger charge is 1.92. The normalized spacial score (nSPS) is 11.1. The molecule has 0 aromatic carbocycles. The molecule has 0 saturated heterocycles. The van der Waals surface area contributed by atoms with Crippen LogP contribution in [0.4, 0.5) is 9.59 Å². The standard InChI is InChI=1S/C7H12N4O3/c1-5(3-9-7(13)14-2)4-10-11-6(8)12/h3-4H,1-2H3,(H,9,13)(H3,8,11,12)/b5-3+,10-4+. The maximum Gasteiger partial charge on any atom is 0.410 e. The van der Waals surface area contributed by atoms with Crippen molar-refractivity contribution in [1.29, 1.82) is 0 Å². The number of hydrogen-bond donors (Lipinski definition) is 3. The van der Waals surface area contributed by atoms with E-state index in [2.05, 4.69) is 15.2 Å². The number of alkyl carbamates (subject to hydrolysis) is 1. The van der Waals surface area contributed by atoms with E-state index < -0.39 is 12.1 Å². The van der Waals surface area contributed by atoms with Gasteiger partial charge in [-0.25, -0.2) is 15.0 Å². The number of urea groups is 1. The molecule has 3 amide bonds. The van der Waals surface area contributed by atoms with Crippen molar-refractivity contribution in [2.45, 2.75) is 6.92 Å². The van der Waals surface area contributed by atoms with Crippen molar-refractivity contribution in [3.63, 3.8) is 0 Å². The van der Waals surface area contributed by atoms with Gasteiger partial charge in [-0.1, -0.05) is 0 Å². The van der Waals surface area contributed by atoms with Crippen molar-refractivity contribution in [3.05, 3.63) is 11.8 Å². The quantitative estimate of drug-likeness (QED) is 0.437. The van der Waals surface area contributed by atoms with Gasteiger partial charge in [0.2, 0.25) is 0 Å². The summed E-state index contributed by atoms with van der Waals surface area (Å²) in [5.74, 6) is 0. The summed E-state index contributed by atoms with van der Waals surface area (Å²) in [6.45, 7) is 1.67. The fraction of sp³-hybridized carbons (Fsp3) is 0.286. The van der Waals surface area contributed by atoms with Gasteiger partial charge in [0.1, 0.15) is 0 Å². The first-order valence-corrected chi connectivity index (χ1v) is 3.66. The van der Waals surface area contributed by atoms with Gasteiger partial charge in [0.05, 0.1) is 13.3 Å². The molecule has 0 bridgehead atoms. The monoisotopic (exact) mass is 200 g/mol. The lowest BCUT2D eigenvalue weighted by Gasteiger charge is -1.97. The maximum atomic E-state index is 10.6. The molecule has 0 aliphatic rings. The lowest BCUT2D eigenvalue weighted by molar-refractivity contribution is 0.175. The number of hydrogen-bond acceptors (Lipinski definition) is 4. The molecule has 0 radical (unpaired) electrons. The molecule has 4 N–H and O–H groups in total. The Morgan fingerprint density at radius 2 is 2.14 bits per heavy atom. The second kappa shape index (κ2) is 6.46. The fourth-order valence-corrected chi connectivity index (χ4v) is 0.467. The highest BCUT2D eigenvalue weighted by Crippen LogP contribution is 1.84. The molecule has 14 heavy (non-hydrogen) atoms. The second-order valence-electron chi connectivity index (χ2n) is 2.26. The number of rotatable bonds is 3. The van der Waals surface area contributed by atoms with Crippen LogP contribution in [0.3, 0.4) is 0 Å². The number of allylic oxidation sites excluding steroid dienone is 1. The molecule has 7 heteroatoms. The first-order chi connectivity index (χ1) is 6.56. The molecule has 0 heterocycles. The molecule has 0 aliphatic heterocycles. The van der Waals surface area contributed by atoms with E-state index in [0.717, 1.165) is 0 Å². The minimum atomic E-state index is -0.755. The van der Waals surface area contributed by atoms with E-state index in [9.17, 15) is 9.59 Å². The molecule has 0 unspecified atom stereocenters. The van der Waals surface area contributed by atoms with Crippen LogP contribution in [0.5, 0.6) is 0 Å². The predicted octanol–water partition coefficient (Wildman–Crippen LogP) is -0.0997. The van der Waals surface area contributed by atoms with Crippen molar-refractivity contribution in [2.75, 3.05) is 7.11 Å². The van der Waals surface area contributed by atoms with Gasteiger partial charge in [-0.05, 0) is 12.5 Å². The van der Waals surface area contributed by atoms with Crippen LogP contribution in [0, 0.1) is 0 Å². The Morgan fingerprint density at radius 3 is 2.64 bits per heavy atom. The Kier molecular flexibility index (Phi) is 5.52. The van der Waals surface area contributed by atoms with Crippen LogP contribution < -0.4 is 16.5 Å². The number of ether oxygens (including phenoxy) is 1. The van der Waals surface area contributed by atoms with Gasteiger partial charge in [-0.15, -0.1) is 0 Å². The first-order valence-electron chi connectivity index (χ1n) is 3.66. The van der Waals surface area contributed by atoms with Crippen LogP contribution in [0.1, 0.15) is 6.92 Å². The lowest BCUT2D eigenvalue weighted by atomic mass is 10.4. The molecular formula is C7H12N4O3. The van der Waals surface area contributed by atoms with Gasteiger partial charge in [0, 0.05) is 6.20 Å². The van der Waals surface area contributed by atoms with Crippen LogP contribution in [-0.4, -0.2) is 25.4 Å². The van der Waals surface area contributed by atoms with Gasteiger partial charge in [-0.3, -0.25) is 5.32 Å². The summed E-state index contributed by atoms with van der Waals surface area (Å²) in [4.78, 5) is 20.8. The smallest absolute Gasteiger partial charge is 0.410 e. The number of carbonyl (C=O) groups excluding carboxylic acids is 2. The van der Waals surface area contributed by atoms with E-state index >= 15 is 0 Å². The van der Waals surface area contributed by atoms with Gasteiger partial charge in [0.15, 0.2) is 0 Å². The van der Waals surface area contributed by atoms with Crippen molar-refractivity contribution in [2.24, 2.45) is 10.8 Å². The Labute approximate surface area is 81.0 Å². The van der Waals surface area contributed by atoms with Crippen molar-refractivity contribution < 1.29 is 14.3 Å². The van der Waals surface area contributed by atoms with Gasteiger partial charge < -0.3 is 10.5 Å². The zero-order valence-corrected chi connectivity index (χ0v) is 7.90. The van der Waals surface area contributed by atoms with E-state index in [0.29, 0.717) is 5.57 Å². The molecule has 0 aliphatic carbocycles. The van der Waals surface area contributed by atoms with E-state index in [1.807, 2.05) is 5.43 Å². The topological polar surface area (TPSA) is 106 Å². The van der Waals surface area contributed by atoms with E-state index in [-0.39, 0.29) is 0 Å². The summed E-state index contributed by atoms with van der Waals surface area (Å²) in [6.07, 6.45) is 2.11. The minimum Gasteiger partial charge on any atom is -0.453 e. The average molecular weight is 200 g/mol. The Balaban J connectivity index is 3.94. The summed E-state index contributed by atoms with van der Waals surface area (Å²) in [6, 6.07) is -0.755. The molecule has 0 saturated carbocycles. The molecule has 7 nitrogen and oxygen atoms in total. The molecule has 0 fully saturated rings. The summed E-state index contributed by atoms with van der Waals surface area (Å²) >= 11 is 0. The number of nitrogens with zero attached hydrogens (tertiary/aromatic N) is 1. The van der Waals surface area contributed by atoms with Gasteiger partial charge >= 0.3 is 12.1 Å². The largest absolute Gasteiger partial charge is 0.453 e. The number of nitrogens with two attached hydrogens (primary N) is 1. The summed E-state index contributed by atoms with van der Waals surface area (Å²) in [5, 5.41) is 5.78. The third kappa shape index (κ3) is 6.65. The van der Waals surface area contributed by atoms with Crippen LogP contribution in [0.15, 0.2) is 16.9 Å². The van der Waals surface area contributed by atoms with Crippen molar-refractivity contribution in [1.82, 2.24) is 10.7 Å². The van der Waals surface area contributed by atoms with Crippen LogP contribution in [0.25, 0.3) is 0 Å². The Bertz CT molecular complexity index is 272. The lowest BCUT2D eigenvalue weighted by Crippen LogP contribution is -2.24. The number of primary amides is 1. The molecule has 0 aromatic heterocycles. The third-order valence-electron chi connectivity index (χ3n) is 1.05. The maximum absolute atomic E-state index is 10.6. The molecule has 0 rings (SSSR count). The number of methoxy groups -OCH3 is 1. The summed E-state index contributed by atoms with van der Waals surface area (Å²) in [5.41, 5.74) is 7.37. The minimum absolute atomic E-state index is 0.583. The average Bonchev–Trinajstić information content (AvgIpc) is 2.13. The second-order valence-corrected chi connectivity index (χ2v) is 2.26. The van der Waals surface area contributed by atoms with Crippen LogP contribution in [-0.2, 0) is 4.74 Å². The Hall–Kier alpha value is -2.05. The first kappa shape index (κ1) is 11.9.